The monoisotopic (exact) mass is 409 g/mol. The average Bonchev–Trinajstić information content (AvgIpc) is 3.34. The molecule has 0 aromatic rings. The van der Waals surface area contributed by atoms with Gasteiger partial charge in [-0.05, 0) is 47.0 Å². The van der Waals surface area contributed by atoms with Gasteiger partial charge >= 0.3 is 6.09 Å². The number of hydrogen-bond acceptors (Lipinski definition) is 4. The van der Waals surface area contributed by atoms with Crippen LogP contribution >= 0.6 is 0 Å². The molecule has 1 unspecified atom stereocenters. The maximum atomic E-state index is 12.6. The van der Waals surface area contributed by atoms with E-state index in [1.165, 1.54) is 12.8 Å². The Morgan fingerprint density at radius 2 is 1.90 bits per heavy atom. The SMILES string of the molecule is CCN(CCNC(=NC)NC1CCN(C(=O)C2CCCC2)C1)C(=O)OC(C)(C)C. The molecule has 1 aliphatic carbocycles. The summed E-state index contributed by atoms with van der Waals surface area (Å²) in [5.41, 5.74) is -0.500. The summed E-state index contributed by atoms with van der Waals surface area (Å²) in [5.74, 6) is 1.26. The zero-order valence-corrected chi connectivity index (χ0v) is 18.8. The molecule has 166 valence electrons. The van der Waals surface area contributed by atoms with Gasteiger partial charge in [-0.15, -0.1) is 0 Å². The van der Waals surface area contributed by atoms with E-state index in [2.05, 4.69) is 15.6 Å². The lowest BCUT2D eigenvalue weighted by molar-refractivity contribution is -0.134. The second kappa shape index (κ2) is 10.7. The molecular weight excluding hydrogens is 370 g/mol. The Morgan fingerprint density at radius 1 is 1.21 bits per heavy atom. The van der Waals surface area contributed by atoms with Crippen LogP contribution in [-0.2, 0) is 9.53 Å². The Balaban J connectivity index is 1.73. The van der Waals surface area contributed by atoms with Gasteiger partial charge in [0.15, 0.2) is 5.96 Å². The van der Waals surface area contributed by atoms with Crippen LogP contribution in [0, 0.1) is 5.92 Å². The summed E-state index contributed by atoms with van der Waals surface area (Å²) in [6, 6.07) is 0.208. The minimum Gasteiger partial charge on any atom is -0.444 e. The number of nitrogens with one attached hydrogen (secondary N) is 2. The van der Waals surface area contributed by atoms with Crippen LogP contribution < -0.4 is 10.6 Å². The fraction of sp³-hybridized carbons (Fsp3) is 0.857. The molecule has 2 amide bonds. The fourth-order valence-corrected chi connectivity index (χ4v) is 3.91. The Bertz CT molecular complexity index is 581. The summed E-state index contributed by atoms with van der Waals surface area (Å²) in [7, 11) is 1.73. The van der Waals surface area contributed by atoms with Crippen LogP contribution in [0.25, 0.3) is 0 Å². The zero-order chi connectivity index (χ0) is 21.4. The van der Waals surface area contributed by atoms with Crippen molar-refractivity contribution in [2.45, 2.75) is 71.4 Å². The third-order valence-electron chi connectivity index (χ3n) is 5.48. The number of rotatable bonds is 6. The Labute approximate surface area is 175 Å². The van der Waals surface area contributed by atoms with Crippen LogP contribution in [0.5, 0.6) is 0 Å². The minimum atomic E-state index is -0.500. The van der Waals surface area contributed by atoms with Crippen LogP contribution in [0.2, 0.25) is 0 Å². The van der Waals surface area contributed by atoms with Gasteiger partial charge < -0.3 is 25.2 Å². The third kappa shape index (κ3) is 7.40. The molecule has 1 atom stereocenters. The van der Waals surface area contributed by atoms with E-state index in [9.17, 15) is 9.59 Å². The topological polar surface area (TPSA) is 86.3 Å². The van der Waals surface area contributed by atoms with Crippen molar-refractivity contribution >= 4 is 18.0 Å². The maximum Gasteiger partial charge on any atom is 0.410 e. The quantitative estimate of drug-likeness (QED) is 0.519. The highest BCUT2D eigenvalue weighted by atomic mass is 16.6. The molecule has 2 aliphatic rings. The van der Waals surface area contributed by atoms with E-state index in [1.54, 1.807) is 11.9 Å². The van der Waals surface area contributed by atoms with Gasteiger partial charge in [-0.1, -0.05) is 12.8 Å². The maximum absolute atomic E-state index is 12.6. The first-order chi connectivity index (χ1) is 13.7. The smallest absolute Gasteiger partial charge is 0.410 e. The van der Waals surface area contributed by atoms with Crippen molar-refractivity contribution in [2.75, 3.05) is 39.8 Å². The molecule has 1 heterocycles. The molecule has 0 radical (unpaired) electrons. The molecular formula is C21H39N5O3. The normalized spacial score (nSPS) is 20.7. The number of guanidine groups is 1. The van der Waals surface area contributed by atoms with Gasteiger partial charge in [0.25, 0.3) is 0 Å². The highest BCUT2D eigenvalue weighted by Gasteiger charge is 2.32. The number of hydrogen-bond donors (Lipinski definition) is 2. The number of carbonyl (C=O) groups is 2. The molecule has 2 rings (SSSR count). The van der Waals surface area contributed by atoms with Gasteiger partial charge in [-0.2, -0.15) is 0 Å². The van der Waals surface area contributed by atoms with E-state index in [1.807, 2.05) is 32.6 Å². The number of likely N-dealkylation sites (N-methyl/N-ethyl adjacent to an activating group) is 1. The van der Waals surface area contributed by atoms with E-state index < -0.39 is 5.60 Å². The highest BCUT2D eigenvalue weighted by molar-refractivity contribution is 5.81. The number of ether oxygens (including phenoxy) is 1. The standard InChI is InChI=1S/C21H39N5O3/c1-6-25(20(28)29-21(2,3)4)14-12-23-19(22-5)24-17-11-13-26(15-17)18(27)16-9-7-8-10-16/h16-17H,6-15H2,1-5H3,(H2,22,23,24). The summed E-state index contributed by atoms with van der Waals surface area (Å²) >= 11 is 0. The molecule has 8 nitrogen and oxygen atoms in total. The van der Waals surface area contributed by atoms with Gasteiger partial charge in [0.2, 0.25) is 5.91 Å². The van der Waals surface area contributed by atoms with Crippen LogP contribution in [0.3, 0.4) is 0 Å². The molecule has 29 heavy (non-hydrogen) atoms. The summed E-state index contributed by atoms with van der Waals surface area (Å²) in [6.07, 6.45) is 5.07. The first kappa shape index (κ1) is 23.3. The van der Waals surface area contributed by atoms with Gasteiger partial charge in [-0.25, -0.2) is 4.79 Å². The van der Waals surface area contributed by atoms with Gasteiger partial charge in [0, 0.05) is 51.7 Å². The fourth-order valence-electron chi connectivity index (χ4n) is 3.91. The minimum absolute atomic E-state index is 0.208. The summed E-state index contributed by atoms with van der Waals surface area (Å²) in [4.78, 5) is 32.8. The predicted molar refractivity (Wildman–Crippen MR) is 115 cm³/mol. The average molecular weight is 410 g/mol. The van der Waals surface area contributed by atoms with E-state index in [0.717, 1.165) is 32.4 Å². The van der Waals surface area contributed by atoms with E-state index in [-0.39, 0.29) is 18.1 Å². The number of likely N-dealkylation sites (tertiary alicyclic amines) is 1. The number of nitrogens with zero attached hydrogens (tertiary/aromatic N) is 3. The van der Waals surface area contributed by atoms with Crippen molar-refractivity contribution in [3.05, 3.63) is 0 Å². The van der Waals surface area contributed by atoms with Gasteiger partial charge in [0.1, 0.15) is 5.60 Å². The molecule has 0 aromatic carbocycles. The molecule has 0 bridgehead atoms. The zero-order valence-electron chi connectivity index (χ0n) is 18.8. The Hall–Kier alpha value is -1.99. The van der Waals surface area contributed by atoms with Crippen molar-refractivity contribution in [1.29, 1.82) is 0 Å². The van der Waals surface area contributed by atoms with Crippen molar-refractivity contribution in [3.63, 3.8) is 0 Å². The number of aliphatic imine (C=N–C) groups is 1. The molecule has 2 fully saturated rings. The van der Waals surface area contributed by atoms with Crippen LogP contribution in [0.15, 0.2) is 4.99 Å². The second-order valence-corrected chi connectivity index (χ2v) is 8.95. The third-order valence-corrected chi connectivity index (χ3v) is 5.48. The van der Waals surface area contributed by atoms with E-state index in [4.69, 9.17) is 4.74 Å². The first-order valence-corrected chi connectivity index (χ1v) is 11.0. The summed E-state index contributed by atoms with van der Waals surface area (Å²) in [6.45, 7) is 10.8. The highest BCUT2D eigenvalue weighted by Crippen LogP contribution is 2.27. The van der Waals surface area contributed by atoms with Gasteiger partial charge in [0.05, 0.1) is 0 Å². The lowest BCUT2D eigenvalue weighted by Crippen LogP contribution is -2.48. The largest absolute Gasteiger partial charge is 0.444 e. The Kier molecular flexibility index (Phi) is 8.59. The van der Waals surface area contributed by atoms with Crippen molar-refractivity contribution in [3.8, 4) is 0 Å². The van der Waals surface area contributed by atoms with E-state index in [0.29, 0.717) is 31.5 Å². The van der Waals surface area contributed by atoms with Crippen LogP contribution in [0.4, 0.5) is 4.79 Å². The van der Waals surface area contributed by atoms with Crippen LogP contribution in [0.1, 0.15) is 59.8 Å². The summed E-state index contributed by atoms with van der Waals surface area (Å²) in [5, 5.41) is 6.67. The molecule has 8 heteroatoms. The molecule has 1 saturated heterocycles. The molecule has 1 saturated carbocycles. The number of carbonyl (C=O) groups excluding carboxylic acids is 2. The first-order valence-electron chi connectivity index (χ1n) is 11.0. The van der Waals surface area contributed by atoms with Crippen molar-refractivity contribution in [2.24, 2.45) is 10.9 Å². The molecule has 0 aromatic heterocycles. The molecule has 0 spiro atoms. The summed E-state index contributed by atoms with van der Waals surface area (Å²) < 4.78 is 5.43. The van der Waals surface area contributed by atoms with Crippen molar-refractivity contribution in [1.82, 2.24) is 20.4 Å². The molecule has 2 N–H and O–H groups in total. The van der Waals surface area contributed by atoms with E-state index >= 15 is 0 Å². The van der Waals surface area contributed by atoms with Gasteiger partial charge in [-0.3, -0.25) is 9.79 Å². The van der Waals surface area contributed by atoms with Crippen molar-refractivity contribution < 1.29 is 14.3 Å². The lowest BCUT2D eigenvalue weighted by atomic mass is 10.1. The van der Waals surface area contributed by atoms with Crippen LogP contribution in [-0.4, -0.2) is 79.2 Å². The molecule has 1 aliphatic heterocycles. The lowest BCUT2D eigenvalue weighted by Gasteiger charge is -2.27. The second-order valence-electron chi connectivity index (χ2n) is 8.95. The Morgan fingerprint density at radius 3 is 2.48 bits per heavy atom. The predicted octanol–water partition coefficient (Wildman–Crippen LogP) is 2.20. The number of amides is 2.